The number of sulfone groups is 1. The van der Waals surface area contributed by atoms with E-state index in [-0.39, 0.29) is 28.5 Å². The smallest absolute Gasteiger partial charge is 0.248 e. The SMILES string of the molecule is CC(C)(C)c1cc(NC(=O)[C@@H]2CCC(=O)N2c2ccc(S(C)(=O)=O)cc2)no1. The van der Waals surface area contributed by atoms with Crippen molar-refractivity contribution >= 4 is 33.2 Å². The number of benzene rings is 1. The second kappa shape index (κ2) is 7.05. The number of anilines is 2. The molecule has 9 heteroatoms. The van der Waals surface area contributed by atoms with Gasteiger partial charge in [0.25, 0.3) is 0 Å². The van der Waals surface area contributed by atoms with Gasteiger partial charge in [-0.2, -0.15) is 0 Å². The van der Waals surface area contributed by atoms with E-state index in [1.807, 2.05) is 20.8 Å². The summed E-state index contributed by atoms with van der Waals surface area (Å²) >= 11 is 0. The third-order valence-electron chi connectivity index (χ3n) is 4.56. The molecule has 0 saturated carbocycles. The highest BCUT2D eigenvalue weighted by molar-refractivity contribution is 7.90. The molecule has 8 nitrogen and oxygen atoms in total. The van der Waals surface area contributed by atoms with Crippen LogP contribution in [0.3, 0.4) is 0 Å². The Hall–Kier alpha value is -2.68. The third-order valence-corrected chi connectivity index (χ3v) is 5.69. The lowest BCUT2D eigenvalue weighted by molar-refractivity contribution is -0.120. The molecule has 3 rings (SSSR count). The Morgan fingerprint density at radius 2 is 1.89 bits per heavy atom. The molecule has 150 valence electrons. The highest BCUT2D eigenvalue weighted by atomic mass is 32.2. The molecular formula is C19H23N3O5S. The number of amides is 2. The van der Waals surface area contributed by atoms with Gasteiger partial charge in [-0.05, 0) is 30.7 Å². The second-order valence-electron chi connectivity index (χ2n) is 7.90. The molecule has 1 aliphatic heterocycles. The van der Waals surface area contributed by atoms with Gasteiger partial charge in [0.15, 0.2) is 15.7 Å². The molecule has 0 radical (unpaired) electrons. The van der Waals surface area contributed by atoms with Crippen molar-refractivity contribution in [2.75, 3.05) is 16.5 Å². The number of hydrogen-bond acceptors (Lipinski definition) is 6. The first-order chi connectivity index (χ1) is 13.0. The van der Waals surface area contributed by atoms with Crippen LogP contribution in [0.1, 0.15) is 39.4 Å². The van der Waals surface area contributed by atoms with Gasteiger partial charge in [0.1, 0.15) is 11.8 Å². The number of rotatable bonds is 4. The van der Waals surface area contributed by atoms with E-state index in [9.17, 15) is 18.0 Å². The quantitative estimate of drug-likeness (QED) is 0.837. The summed E-state index contributed by atoms with van der Waals surface area (Å²) in [6.07, 6.45) is 1.71. The van der Waals surface area contributed by atoms with Crippen LogP contribution in [-0.4, -0.2) is 37.7 Å². The van der Waals surface area contributed by atoms with Crippen molar-refractivity contribution in [3.05, 3.63) is 36.1 Å². The van der Waals surface area contributed by atoms with Gasteiger partial charge in [0.05, 0.1) is 4.90 Å². The molecule has 0 bridgehead atoms. The Morgan fingerprint density at radius 1 is 1.25 bits per heavy atom. The monoisotopic (exact) mass is 405 g/mol. The number of nitrogens with zero attached hydrogens (tertiary/aromatic N) is 2. The Labute approximate surface area is 163 Å². The predicted molar refractivity (Wildman–Crippen MR) is 104 cm³/mol. The second-order valence-corrected chi connectivity index (χ2v) is 9.92. The first-order valence-corrected chi connectivity index (χ1v) is 10.8. The van der Waals surface area contributed by atoms with E-state index in [0.717, 1.165) is 6.26 Å². The van der Waals surface area contributed by atoms with Crippen molar-refractivity contribution in [1.29, 1.82) is 0 Å². The van der Waals surface area contributed by atoms with Gasteiger partial charge in [0.2, 0.25) is 11.8 Å². The van der Waals surface area contributed by atoms with E-state index in [4.69, 9.17) is 4.52 Å². The maximum atomic E-state index is 12.7. The Balaban J connectivity index is 1.80. The number of carbonyl (C=O) groups excluding carboxylic acids is 2. The van der Waals surface area contributed by atoms with E-state index >= 15 is 0 Å². The molecule has 2 heterocycles. The van der Waals surface area contributed by atoms with Crippen molar-refractivity contribution in [2.45, 2.75) is 50.0 Å². The highest BCUT2D eigenvalue weighted by Crippen LogP contribution is 2.29. The summed E-state index contributed by atoms with van der Waals surface area (Å²) in [5, 5.41) is 6.57. The topological polar surface area (TPSA) is 110 Å². The van der Waals surface area contributed by atoms with Crippen LogP contribution in [0.4, 0.5) is 11.5 Å². The summed E-state index contributed by atoms with van der Waals surface area (Å²) in [6, 6.07) is 6.89. The van der Waals surface area contributed by atoms with Crippen LogP contribution in [-0.2, 0) is 24.8 Å². The van der Waals surface area contributed by atoms with Gasteiger partial charge in [-0.15, -0.1) is 0 Å². The molecule has 1 N–H and O–H groups in total. The minimum Gasteiger partial charge on any atom is -0.359 e. The lowest BCUT2D eigenvalue weighted by Gasteiger charge is -2.24. The van der Waals surface area contributed by atoms with Crippen molar-refractivity contribution in [1.82, 2.24) is 5.16 Å². The Bertz CT molecular complexity index is 1000. The van der Waals surface area contributed by atoms with E-state index in [1.54, 1.807) is 6.07 Å². The zero-order chi connectivity index (χ0) is 20.7. The first kappa shape index (κ1) is 20.1. The summed E-state index contributed by atoms with van der Waals surface area (Å²) in [5.41, 5.74) is 0.234. The van der Waals surface area contributed by atoms with Crippen molar-refractivity contribution in [2.24, 2.45) is 0 Å². The predicted octanol–water partition coefficient (Wildman–Crippen LogP) is 2.51. The van der Waals surface area contributed by atoms with Crippen molar-refractivity contribution in [3.8, 4) is 0 Å². The number of nitrogens with one attached hydrogen (secondary N) is 1. The molecule has 2 amide bonds. The Morgan fingerprint density at radius 3 is 2.43 bits per heavy atom. The van der Waals surface area contributed by atoms with Gasteiger partial charge in [-0.3, -0.25) is 14.5 Å². The molecule has 1 saturated heterocycles. The molecule has 0 spiro atoms. The summed E-state index contributed by atoms with van der Waals surface area (Å²) in [4.78, 5) is 26.6. The average molecular weight is 405 g/mol. The summed E-state index contributed by atoms with van der Waals surface area (Å²) in [6.45, 7) is 5.91. The maximum Gasteiger partial charge on any atom is 0.248 e. The zero-order valence-electron chi connectivity index (χ0n) is 16.2. The van der Waals surface area contributed by atoms with Crippen LogP contribution in [0.15, 0.2) is 39.8 Å². The van der Waals surface area contributed by atoms with Gasteiger partial charge in [-0.25, -0.2) is 8.42 Å². The lowest BCUT2D eigenvalue weighted by atomic mass is 9.93. The van der Waals surface area contributed by atoms with Gasteiger partial charge < -0.3 is 9.84 Å². The average Bonchev–Trinajstić information content (AvgIpc) is 3.20. The first-order valence-electron chi connectivity index (χ1n) is 8.87. The van der Waals surface area contributed by atoms with E-state index < -0.39 is 15.9 Å². The van der Waals surface area contributed by atoms with E-state index in [1.165, 1.54) is 29.2 Å². The summed E-state index contributed by atoms with van der Waals surface area (Å²) in [7, 11) is -3.34. The molecule has 1 aliphatic rings. The molecule has 2 aromatic rings. The fraction of sp³-hybridized carbons (Fsp3) is 0.421. The minimum absolute atomic E-state index is 0.154. The highest BCUT2D eigenvalue weighted by Gasteiger charge is 2.37. The van der Waals surface area contributed by atoms with Crippen LogP contribution >= 0.6 is 0 Å². The van der Waals surface area contributed by atoms with E-state index in [0.29, 0.717) is 23.7 Å². The Kier molecular flexibility index (Phi) is 5.05. The molecule has 28 heavy (non-hydrogen) atoms. The number of hydrogen-bond donors (Lipinski definition) is 1. The molecule has 1 fully saturated rings. The van der Waals surface area contributed by atoms with Crippen molar-refractivity contribution < 1.29 is 22.5 Å². The van der Waals surface area contributed by atoms with Gasteiger partial charge in [0, 0.05) is 29.8 Å². The lowest BCUT2D eigenvalue weighted by Crippen LogP contribution is -2.41. The van der Waals surface area contributed by atoms with Gasteiger partial charge in [-0.1, -0.05) is 25.9 Å². The zero-order valence-corrected chi connectivity index (χ0v) is 17.0. The molecular weight excluding hydrogens is 382 g/mol. The summed E-state index contributed by atoms with van der Waals surface area (Å²) in [5.74, 6) is 0.370. The summed E-state index contributed by atoms with van der Waals surface area (Å²) < 4.78 is 28.5. The van der Waals surface area contributed by atoms with Crippen molar-refractivity contribution in [3.63, 3.8) is 0 Å². The van der Waals surface area contributed by atoms with Crippen LogP contribution in [0.2, 0.25) is 0 Å². The standard InChI is InChI=1S/C19H23N3O5S/c1-19(2,3)15-11-16(21-27-15)20-18(24)14-9-10-17(23)22(14)12-5-7-13(8-6-12)28(4,25)26/h5-8,11,14H,9-10H2,1-4H3,(H,20,21,24)/t14-/m0/s1. The van der Waals surface area contributed by atoms with E-state index in [2.05, 4.69) is 10.5 Å². The molecule has 0 unspecified atom stereocenters. The largest absolute Gasteiger partial charge is 0.359 e. The normalized spacial score (nSPS) is 17.8. The molecule has 1 atom stereocenters. The third kappa shape index (κ3) is 4.09. The number of aromatic nitrogens is 1. The molecule has 0 aliphatic carbocycles. The maximum absolute atomic E-state index is 12.7. The fourth-order valence-electron chi connectivity index (χ4n) is 3.01. The molecule has 1 aromatic carbocycles. The molecule has 1 aromatic heterocycles. The van der Waals surface area contributed by atoms with Crippen LogP contribution in [0, 0.1) is 0 Å². The van der Waals surface area contributed by atoms with Crippen LogP contribution < -0.4 is 10.2 Å². The fourth-order valence-corrected chi connectivity index (χ4v) is 3.64. The van der Waals surface area contributed by atoms with Gasteiger partial charge >= 0.3 is 0 Å². The minimum atomic E-state index is -3.34. The number of carbonyl (C=O) groups is 2. The van der Waals surface area contributed by atoms with Crippen LogP contribution in [0.5, 0.6) is 0 Å². The van der Waals surface area contributed by atoms with Crippen LogP contribution in [0.25, 0.3) is 0 Å².